The zero-order valence-electron chi connectivity index (χ0n) is 19.0. The van der Waals surface area contributed by atoms with Gasteiger partial charge in [-0.15, -0.1) is 0 Å². The number of allylic oxidation sites excluding steroid dienone is 1. The molecule has 0 heterocycles. The van der Waals surface area contributed by atoms with Gasteiger partial charge in [0.15, 0.2) is 0 Å². The summed E-state index contributed by atoms with van der Waals surface area (Å²) in [4.78, 5) is 0. The average molecular weight is 389 g/mol. The Balaban J connectivity index is 1.49. The van der Waals surface area contributed by atoms with Crippen LogP contribution in [0.15, 0.2) is 11.6 Å². The summed E-state index contributed by atoms with van der Waals surface area (Å²) < 4.78 is 6.36. The van der Waals surface area contributed by atoms with E-state index in [2.05, 4.69) is 40.7 Å². The SMILES string of the molecule is CC(C)CCO[C@@H](C)[C@H]1CC[C@H]2[C@@H]3CC=C4C[C@@H](O)CC[C@]4(C)[C@H]3CC[C@]12C. The first kappa shape index (κ1) is 20.9. The standard InChI is InChI=1S/C26H44O2/c1-17(2)12-15-28-18(3)22-8-9-23-21-7-6-19-16-20(27)10-13-25(19,4)24(21)11-14-26(22,23)5/h6,17-18,20-24,27H,7-16H2,1-5H3/t18-,20-,21-,22+,23-,24-,25-,26+/m0/s1. The second-order valence-corrected chi connectivity index (χ2v) is 11.6. The first-order chi connectivity index (χ1) is 13.3. The topological polar surface area (TPSA) is 29.5 Å². The fourth-order valence-corrected chi connectivity index (χ4v) is 8.06. The average Bonchev–Trinajstić information content (AvgIpc) is 2.99. The van der Waals surface area contributed by atoms with Crippen LogP contribution in [-0.2, 0) is 4.74 Å². The van der Waals surface area contributed by atoms with Gasteiger partial charge in [-0.05, 0) is 105 Å². The molecule has 0 aromatic carbocycles. The molecule has 0 amide bonds. The van der Waals surface area contributed by atoms with Crippen LogP contribution in [0.5, 0.6) is 0 Å². The Morgan fingerprint density at radius 2 is 1.86 bits per heavy atom. The van der Waals surface area contributed by atoms with Crippen molar-refractivity contribution in [3.8, 4) is 0 Å². The second-order valence-electron chi connectivity index (χ2n) is 11.6. The number of hydrogen-bond acceptors (Lipinski definition) is 2. The number of aliphatic hydroxyl groups excluding tert-OH is 1. The van der Waals surface area contributed by atoms with Crippen molar-refractivity contribution >= 4 is 0 Å². The van der Waals surface area contributed by atoms with Gasteiger partial charge in [-0.2, -0.15) is 0 Å². The maximum Gasteiger partial charge on any atom is 0.0580 e. The number of ether oxygens (including phenoxy) is 1. The third-order valence-electron chi connectivity index (χ3n) is 9.79. The molecule has 0 aliphatic heterocycles. The van der Waals surface area contributed by atoms with Gasteiger partial charge in [0.25, 0.3) is 0 Å². The van der Waals surface area contributed by atoms with Crippen LogP contribution in [0, 0.1) is 40.4 Å². The lowest BCUT2D eigenvalue weighted by Crippen LogP contribution is -2.51. The molecule has 0 bridgehead atoms. The van der Waals surface area contributed by atoms with E-state index in [-0.39, 0.29) is 6.10 Å². The molecule has 8 atom stereocenters. The molecule has 4 aliphatic carbocycles. The molecule has 160 valence electrons. The van der Waals surface area contributed by atoms with Crippen LogP contribution in [0.4, 0.5) is 0 Å². The maximum absolute atomic E-state index is 10.2. The van der Waals surface area contributed by atoms with Crippen LogP contribution in [-0.4, -0.2) is 23.9 Å². The maximum atomic E-state index is 10.2. The molecular weight excluding hydrogens is 344 g/mol. The number of aliphatic hydroxyl groups is 1. The predicted molar refractivity (Wildman–Crippen MR) is 116 cm³/mol. The highest BCUT2D eigenvalue weighted by molar-refractivity contribution is 5.25. The Morgan fingerprint density at radius 1 is 1.07 bits per heavy atom. The van der Waals surface area contributed by atoms with E-state index in [1.165, 1.54) is 44.9 Å². The van der Waals surface area contributed by atoms with Crippen LogP contribution < -0.4 is 0 Å². The van der Waals surface area contributed by atoms with Crippen molar-refractivity contribution in [1.29, 1.82) is 0 Å². The summed E-state index contributed by atoms with van der Waals surface area (Å²) in [7, 11) is 0. The van der Waals surface area contributed by atoms with E-state index in [9.17, 15) is 5.11 Å². The molecule has 3 saturated carbocycles. The lowest BCUT2D eigenvalue weighted by Gasteiger charge is -2.58. The van der Waals surface area contributed by atoms with E-state index >= 15 is 0 Å². The zero-order valence-corrected chi connectivity index (χ0v) is 19.0. The van der Waals surface area contributed by atoms with Gasteiger partial charge in [-0.3, -0.25) is 0 Å². The molecule has 0 aromatic heterocycles. The number of fused-ring (bicyclic) bond motifs is 5. The number of hydrogen-bond donors (Lipinski definition) is 1. The minimum Gasteiger partial charge on any atom is -0.393 e. The van der Waals surface area contributed by atoms with Crippen LogP contribution in [0.3, 0.4) is 0 Å². The van der Waals surface area contributed by atoms with E-state index in [1.807, 2.05) is 0 Å². The van der Waals surface area contributed by atoms with Crippen molar-refractivity contribution in [3.05, 3.63) is 11.6 Å². The third kappa shape index (κ3) is 3.41. The summed E-state index contributed by atoms with van der Waals surface area (Å²) in [6.07, 6.45) is 14.0. The Hall–Kier alpha value is -0.340. The Labute approximate surface area is 173 Å². The van der Waals surface area contributed by atoms with Crippen molar-refractivity contribution in [2.24, 2.45) is 40.4 Å². The van der Waals surface area contributed by atoms with Gasteiger partial charge in [0.05, 0.1) is 12.2 Å². The molecule has 1 N–H and O–H groups in total. The number of rotatable bonds is 5. The molecule has 0 saturated heterocycles. The van der Waals surface area contributed by atoms with Crippen molar-refractivity contribution in [2.75, 3.05) is 6.61 Å². The smallest absolute Gasteiger partial charge is 0.0580 e. The molecule has 0 unspecified atom stereocenters. The Bertz CT molecular complexity index is 595. The molecule has 2 nitrogen and oxygen atoms in total. The highest BCUT2D eigenvalue weighted by Crippen LogP contribution is 2.66. The summed E-state index contributed by atoms with van der Waals surface area (Å²) in [5.41, 5.74) is 2.42. The third-order valence-corrected chi connectivity index (χ3v) is 9.79. The van der Waals surface area contributed by atoms with Gasteiger partial charge in [-0.25, -0.2) is 0 Å². The molecule has 0 spiro atoms. The normalized spacial score (nSPS) is 46.5. The first-order valence-corrected chi connectivity index (χ1v) is 12.2. The first-order valence-electron chi connectivity index (χ1n) is 12.2. The molecule has 0 radical (unpaired) electrons. The van der Waals surface area contributed by atoms with Crippen LogP contribution >= 0.6 is 0 Å². The van der Waals surface area contributed by atoms with E-state index in [0.29, 0.717) is 16.9 Å². The van der Waals surface area contributed by atoms with Crippen molar-refractivity contribution in [2.45, 2.75) is 105 Å². The van der Waals surface area contributed by atoms with Crippen molar-refractivity contribution in [3.63, 3.8) is 0 Å². The fraction of sp³-hybridized carbons (Fsp3) is 0.923. The molecule has 2 heteroatoms. The molecule has 0 aromatic rings. The Kier molecular flexibility index (Phi) is 5.77. The van der Waals surface area contributed by atoms with Gasteiger partial charge in [0, 0.05) is 6.61 Å². The van der Waals surface area contributed by atoms with Crippen LogP contribution in [0.25, 0.3) is 0 Å². The summed E-state index contributed by atoms with van der Waals surface area (Å²) in [5, 5.41) is 10.2. The van der Waals surface area contributed by atoms with Crippen LogP contribution in [0.2, 0.25) is 0 Å². The lowest BCUT2D eigenvalue weighted by molar-refractivity contribution is -0.0819. The summed E-state index contributed by atoms with van der Waals surface area (Å²) in [6, 6.07) is 0. The highest BCUT2D eigenvalue weighted by Gasteiger charge is 2.59. The van der Waals surface area contributed by atoms with Gasteiger partial charge >= 0.3 is 0 Å². The highest BCUT2D eigenvalue weighted by atomic mass is 16.5. The quantitative estimate of drug-likeness (QED) is 0.554. The molecule has 3 fully saturated rings. The van der Waals surface area contributed by atoms with E-state index in [1.54, 1.807) is 5.57 Å². The van der Waals surface area contributed by atoms with E-state index in [0.717, 1.165) is 49.0 Å². The minimum atomic E-state index is -0.0931. The molecule has 4 aliphatic rings. The minimum absolute atomic E-state index is 0.0931. The molecule has 28 heavy (non-hydrogen) atoms. The Morgan fingerprint density at radius 3 is 2.61 bits per heavy atom. The summed E-state index contributed by atoms with van der Waals surface area (Å²) >= 11 is 0. The molecular formula is C26H44O2. The summed E-state index contributed by atoms with van der Waals surface area (Å²) in [5.74, 6) is 4.03. The fourth-order valence-electron chi connectivity index (χ4n) is 8.06. The predicted octanol–water partition coefficient (Wildman–Crippen LogP) is 6.38. The molecule has 4 rings (SSSR count). The van der Waals surface area contributed by atoms with Gasteiger partial charge < -0.3 is 9.84 Å². The van der Waals surface area contributed by atoms with Crippen molar-refractivity contribution in [1.82, 2.24) is 0 Å². The van der Waals surface area contributed by atoms with Gasteiger partial charge in [-0.1, -0.05) is 39.3 Å². The largest absolute Gasteiger partial charge is 0.393 e. The van der Waals surface area contributed by atoms with Gasteiger partial charge in [0.2, 0.25) is 0 Å². The van der Waals surface area contributed by atoms with E-state index < -0.39 is 0 Å². The van der Waals surface area contributed by atoms with Crippen molar-refractivity contribution < 1.29 is 9.84 Å². The van der Waals surface area contributed by atoms with Crippen LogP contribution in [0.1, 0.15) is 92.4 Å². The van der Waals surface area contributed by atoms with E-state index in [4.69, 9.17) is 4.74 Å². The summed E-state index contributed by atoms with van der Waals surface area (Å²) in [6.45, 7) is 13.0. The zero-order chi connectivity index (χ0) is 20.1. The monoisotopic (exact) mass is 388 g/mol. The lowest BCUT2D eigenvalue weighted by atomic mass is 9.47. The van der Waals surface area contributed by atoms with Gasteiger partial charge in [0.1, 0.15) is 0 Å². The second kappa shape index (κ2) is 7.73.